The number of hydrogen-bond acceptors (Lipinski definition) is 15. The molecule has 576 valence electrons. The summed E-state index contributed by atoms with van der Waals surface area (Å²) in [6.07, 6.45) is 55.6. The molecule has 0 amide bonds. The molecule has 0 bridgehead atoms. The molecule has 0 heterocycles. The van der Waals surface area contributed by atoms with Crippen molar-refractivity contribution in [1.29, 1.82) is 0 Å². The number of esters is 4. The Bertz CT molecular complexity index is 1890. The third-order valence-corrected chi connectivity index (χ3v) is 20.4. The maximum absolute atomic E-state index is 13.1. The average Bonchev–Trinajstić information content (AvgIpc) is 1.13. The second kappa shape index (κ2) is 68.5. The number of ether oxygens (including phenoxy) is 4. The van der Waals surface area contributed by atoms with Gasteiger partial charge in [0.05, 0.1) is 26.4 Å². The molecule has 0 rings (SSSR count). The maximum atomic E-state index is 13.1. The van der Waals surface area contributed by atoms with Crippen LogP contribution in [0.4, 0.5) is 0 Å². The molecule has 0 aromatic carbocycles. The van der Waals surface area contributed by atoms with Crippen LogP contribution in [-0.2, 0) is 65.4 Å². The number of phosphoric ester groups is 2. The molecule has 0 aliphatic heterocycles. The summed E-state index contributed by atoms with van der Waals surface area (Å²) < 4.78 is 68.6. The van der Waals surface area contributed by atoms with Gasteiger partial charge in [-0.25, -0.2) is 9.13 Å². The van der Waals surface area contributed by atoms with E-state index in [1.165, 1.54) is 205 Å². The van der Waals surface area contributed by atoms with Crippen molar-refractivity contribution in [2.45, 2.75) is 420 Å². The van der Waals surface area contributed by atoms with Crippen LogP contribution in [0, 0.1) is 17.8 Å². The third kappa shape index (κ3) is 70.9. The summed E-state index contributed by atoms with van der Waals surface area (Å²) in [5, 5.41) is 10.6. The molecule has 0 aromatic heterocycles. The smallest absolute Gasteiger partial charge is 0.462 e. The molecule has 3 unspecified atom stereocenters. The van der Waals surface area contributed by atoms with Crippen LogP contribution in [0.1, 0.15) is 402 Å². The fraction of sp³-hybridized carbons (Fsp3) is 0.949. The summed E-state index contributed by atoms with van der Waals surface area (Å²) in [4.78, 5) is 72.9. The molecule has 0 aliphatic rings. The predicted molar refractivity (Wildman–Crippen MR) is 395 cm³/mol. The number of carbonyl (C=O) groups is 4. The fourth-order valence-corrected chi connectivity index (χ4v) is 13.5. The average molecular weight is 1420 g/mol. The van der Waals surface area contributed by atoms with Crippen molar-refractivity contribution in [2.24, 2.45) is 17.8 Å². The zero-order valence-electron chi connectivity index (χ0n) is 63.5. The van der Waals surface area contributed by atoms with Crippen molar-refractivity contribution in [2.75, 3.05) is 39.6 Å². The monoisotopic (exact) mass is 1420 g/mol. The van der Waals surface area contributed by atoms with E-state index in [-0.39, 0.29) is 25.7 Å². The Balaban J connectivity index is 5.24. The van der Waals surface area contributed by atoms with Crippen LogP contribution in [0.15, 0.2) is 0 Å². The summed E-state index contributed by atoms with van der Waals surface area (Å²) >= 11 is 0. The normalized spacial score (nSPS) is 14.3. The van der Waals surface area contributed by atoms with Gasteiger partial charge in [0.25, 0.3) is 0 Å². The Labute approximate surface area is 594 Å². The molecule has 3 N–H and O–H groups in total. The largest absolute Gasteiger partial charge is 0.472 e. The minimum absolute atomic E-state index is 0.105. The minimum atomic E-state index is -4.96. The molecule has 17 nitrogen and oxygen atoms in total. The summed E-state index contributed by atoms with van der Waals surface area (Å²) in [7, 11) is -9.92. The number of carbonyl (C=O) groups excluding carboxylic acids is 4. The van der Waals surface area contributed by atoms with Crippen molar-refractivity contribution in [3.63, 3.8) is 0 Å². The van der Waals surface area contributed by atoms with E-state index in [9.17, 15) is 43.2 Å². The SMILES string of the molecule is CCCCCCCCCCCCCCCCCCC(=O)OC[C@H](COP(=O)(O)OC[C@@H](O)COP(=O)(O)OC[C@@H](COC(=O)CCCCCCCCC(C)C)OC(=O)CCCCCCCCCCCCC(C)CC)OC(=O)CCCCCCCCCCCCCCCCCC(C)C. The summed E-state index contributed by atoms with van der Waals surface area (Å²) in [6, 6.07) is 0. The van der Waals surface area contributed by atoms with Gasteiger partial charge in [0, 0.05) is 25.7 Å². The van der Waals surface area contributed by atoms with Gasteiger partial charge >= 0.3 is 39.5 Å². The molecule has 0 aliphatic carbocycles. The van der Waals surface area contributed by atoms with Crippen LogP contribution in [-0.4, -0.2) is 96.7 Å². The van der Waals surface area contributed by atoms with E-state index in [1.54, 1.807) is 0 Å². The number of aliphatic hydroxyl groups is 1. The van der Waals surface area contributed by atoms with Gasteiger partial charge in [0.15, 0.2) is 12.2 Å². The molecule has 6 atom stereocenters. The highest BCUT2D eigenvalue weighted by atomic mass is 31.2. The van der Waals surface area contributed by atoms with E-state index in [4.69, 9.17) is 37.0 Å². The zero-order chi connectivity index (χ0) is 71.6. The van der Waals surface area contributed by atoms with Gasteiger partial charge in [-0.2, -0.15) is 0 Å². The second-order valence-corrected chi connectivity index (χ2v) is 32.2. The minimum Gasteiger partial charge on any atom is -0.462 e. The van der Waals surface area contributed by atoms with Crippen LogP contribution in [0.25, 0.3) is 0 Å². The van der Waals surface area contributed by atoms with Crippen LogP contribution in [0.2, 0.25) is 0 Å². The van der Waals surface area contributed by atoms with Gasteiger partial charge in [-0.15, -0.1) is 0 Å². The number of unbranched alkanes of at least 4 members (excludes halogenated alkanes) is 43. The van der Waals surface area contributed by atoms with E-state index in [1.807, 2.05) is 0 Å². The molecular formula is C78H152O17P2. The Kier molecular flexibility index (Phi) is 67.1. The molecule has 19 heteroatoms. The molecule has 0 saturated heterocycles. The van der Waals surface area contributed by atoms with Crippen molar-refractivity contribution >= 4 is 39.5 Å². The first-order valence-electron chi connectivity index (χ1n) is 40.4. The van der Waals surface area contributed by atoms with Crippen LogP contribution in [0.5, 0.6) is 0 Å². The number of rotatable bonds is 76. The van der Waals surface area contributed by atoms with E-state index in [0.717, 1.165) is 108 Å². The van der Waals surface area contributed by atoms with E-state index >= 15 is 0 Å². The van der Waals surface area contributed by atoms with Crippen LogP contribution >= 0.6 is 15.6 Å². The lowest BCUT2D eigenvalue weighted by Crippen LogP contribution is -2.30. The molecule has 0 fully saturated rings. The first-order chi connectivity index (χ1) is 46.8. The van der Waals surface area contributed by atoms with Crippen LogP contribution in [0.3, 0.4) is 0 Å². The highest BCUT2D eigenvalue weighted by molar-refractivity contribution is 7.47. The fourth-order valence-electron chi connectivity index (χ4n) is 11.9. The summed E-state index contributed by atoms with van der Waals surface area (Å²) in [5.74, 6) is 0.169. The highest BCUT2D eigenvalue weighted by Gasteiger charge is 2.30. The molecule has 0 spiro atoms. The Morgan fingerprint density at radius 1 is 0.299 bits per heavy atom. The Hall–Kier alpha value is -1.94. The first kappa shape index (κ1) is 95.1. The Morgan fingerprint density at radius 3 is 0.784 bits per heavy atom. The molecule has 97 heavy (non-hydrogen) atoms. The number of phosphoric acid groups is 2. The highest BCUT2D eigenvalue weighted by Crippen LogP contribution is 2.45. The molecule has 0 saturated carbocycles. The lowest BCUT2D eigenvalue weighted by molar-refractivity contribution is -0.161. The van der Waals surface area contributed by atoms with Gasteiger partial charge in [-0.05, 0) is 43.4 Å². The maximum Gasteiger partial charge on any atom is 0.472 e. The quantitative estimate of drug-likeness (QED) is 0.0222. The van der Waals surface area contributed by atoms with Gasteiger partial charge in [0.1, 0.15) is 19.3 Å². The van der Waals surface area contributed by atoms with Crippen molar-refractivity contribution in [1.82, 2.24) is 0 Å². The molecule has 0 radical (unpaired) electrons. The predicted octanol–water partition coefficient (Wildman–Crippen LogP) is 23.0. The lowest BCUT2D eigenvalue weighted by atomic mass is 9.99. The van der Waals surface area contributed by atoms with Gasteiger partial charge < -0.3 is 33.8 Å². The van der Waals surface area contributed by atoms with Gasteiger partial charge in [0.2, 0.25) is 0 Å². The number of hydrogen-bond donors (Lipinski definition) is 3. The standard InChI is InChI=1S/C78H152O17P2/c1-8-10-11-12-13-14-15-16-17-20-23-26-32-37-45-52-59-75(80)88-65-73(94-77(82)61-54-47-38-33-27-24-21-18-19-22-25-30-35-42-49-56-69(3)4)67-92-96(84,85)90-63-72(79)64-91-97(86,87)93-68-74(66-89-76(81)60-53-46-41-40-43-50-57-70(5)6)95-78(83)62-55-48-39-34-29-28-31-36-44-51-58-71(7)9-2/h69-74,79H,8-68H2,1-7H3,(H,84,85)(H,86,87)/t71?,72-,73-,74-/m1/s1. The van der Waals surface area contributed by atoms with E-state index in [0.29, 0.717) is 31.6 Å². The third-order valence-electron chi connectivity index (χ3n) is 18.5. The topological polar surface area (TPSA) is 237 Å². The van der Waals surface area contributed by atoms with E-state index < -0.39 is 97.5 Å². The van der Waals surface area contributed by atoms with Crippen molar-refractivity contribution in [3.05, 3.63) is 0 Å². The lowest BCUT2D eigenvalue weighted by Gasteiger charge is -2.21. The van der Waals surface area contributed by atoms with Crippen molar-refractivity contribution in [3.8, 4) is 0 Å². The van der Waals surface area contributed by atoms with Gasteiger partial charge in [-0.3, -0.25) is 37.3 Å². The summed E-state index contributed by atoms with van der Waals surface area (Å²) in [5.41, 5.74) is 0. The molecule has 0 aromatic rings. The first-order valence-corrected chi connectivity index (χ1v) is 43.4. The summed E-state index contributed by atoms with van der Waals surface area (Å²) in [6.45, 7) is 11.9. The second-order valence-electron chi connectivity index (χ2n) is 29.3. The van der Waals surface area contributed by atoms with Gasteiger partial charge in [-0.1, -0.05) is 350 Å². The zero-order valence-corrected chi connectivity index (χ0v) is 65.3. The van der Waals surface area contributed by atoms with Crippen LogP contribution < -0.4 is 0 Å². The molecular weight excluding hydrogens is 1270 g/mol. The van der Waals surface area contributed by atoms with Crippen molar-refractivity contribution < 1.29 is 80.2 Å². The number of aliphatic hydroxyl groups excluding tert-OH is 1. The van der Waals surface area contributed by atoms with E-state index in [2.05, 4.69) is 48.5 Å². The Morgan fingerprint density at radius 2 is 0.526 bits per heavy atom.